The molecule has 1 aromatic carbocycles. The van der Waals surface area contributed by atoms with Crippen LogP contribution in [0.4, 0.5) is 0 Å². The third-order valence-electron chi connectivity index (χ3n) is 2.03. The number of aromatic nitrogens is 3. The van der Waals surface area contributed by atoms with Crippen LogP contribution in [0.5, 0.6) is 0 Å². The highest BCUT2D eigenvalue weighted by Gasteiger charge is 2.12. The van der Waals surface area contributed by atoms with Crippen LogP contribution >= 0.6 is 11.6 Å². The minimum atomic E-state index is 0.305. The molecule has 2 rings (SSSR count). The quantitative estimate of drug-likeness (QED) is 0.736. The van der Waals surface area contributed by atoms with Crippen LogP contribution in [0.25, 0.3) is 11.3 Å². The van der Waals surface area contributed by atoms with Gasteiger partial charge in [-0.3, -0.25) is 0 Å². The fraction of sp³-hybridized carbons (Fsp3) is 0.100. The molecule has 0 N–H and O–H groups in total. The summed E-state index contributed by atoms with van der Waals surface area (Å²) in [6.07, 6.45) is 0. The smallest absolute Gasteiger partial charge is 0.190 e. The minimum Gasteiger partial charge on any atom is -0.246 e. The molecule has 0 aliphatic rings. The van der Waals surface area contributed by atoms with E-state index in [1.807, 2.05) is 18.2 Å². The molecule has 74 valence electrons. The Balaban J connectivity index is 2.64. The maximum Gasteiger partial charge on any atom is 0.190 e. The summed E-state index contributed by atoms with van der Waals surface area (Å²) in [6.45, 7) is 0. The van der Waals surface area contributed by atoms with E-state index < -0.39 is 0 Å². The second-order valence-electron chi connectivity index (χ2n) is 3.03. The monoisotopic (exact) mass is 218 g/mol. The van der Waals surface area contributed by atoms with Crippen molar-refractivity contribution in [1.29, 1.82) is 5.26 Å². The standard InChI is InChI=1S/C10H7ClN4/c1-15-10(9(6-12)13-14-15)7-3-2-4-8(11)5-7/h2-5H,1H3. The van der Waals surface area contributed by atoms with Crippen LogP contribution in [0.15, 0.2) is 24.3 Å². The normalized spacial score (nSPS) is 9.93. The largest absolute Gasteiger partial charge is 0.246 e. The number of aryl methyl sites for hydroxylation is 1. The molecule has 15 heavy (non-hydrogen) atoms. The fourth-order valence-corrected chi connectivity index (χ4v) is 1.58. The van der Waals surface area contributed by atoms with Crippen LogP contribution in [-0.2, 0) is 7.05 Å². The second kappa shape index (κ2) is 3.71. The van der Waals surface area contributed by atoms with Crippen molar-refractivity contribution in [3.8, 4) is 17.3 Å². The van der Waals surface area contributed by atoms with E-state index in [0.717, 1.165) is 5.56 Å². The molecule has 0 saturated carbocycles. The minimum absolute atomic E-state index is 0.305. The Kier molecular flexibility index (Phi) is 2.40. The summed E-state index contributed by atoms with van der Waals surface area (Å²) in [5.41, 5.74) is 1.83. The maximum atomic E-state index is 8.86. The molecule has 0 saturated heterocycles. The lowest BCUT2D eigenvalue weighted by Crippen LogP contribution is -1.94. The van der Waals surface area contributed by atoms with Gasteiger partial charge in [-0.25, -0.2) is 4.68 Å². The van der Waals surface area contributed by atoms with Crippen LogP contribution in [-0.4, -0.2) is 15.0 Å². The van der Waals surface area contributed by atoms with E-state index in [2.05, 4.69) is 10.3 Å². The Hall–Kier alpha value is -1.86. The van der Waals surface area contributed by atoms with Gasteiger partial charge in [0.1, 0.15) is 11.8 Å². The Labute approximate surface area is 91.7 Å². The summed E-state index contributed by atoms with van der Waals surface area (Å²) >= 11 is 5.88. The molecule has 0 spiro atoms. The molecule has 0 bridgehead atoms. The van der Waals surface area contributed by atoms with Crippen molar-refractivity contribution in [2.45, 2.75) is 0 Å². The first kappa shape index (κ1) is 9.69. The van der Waals surface area contributed by atoms with Crippen LogP contribution in [0, 0.1) is 11.3 Å². The Morgan fingerprint density at radius 2 is 2.27 bits per heavy atom. The molecule has 0 unspecified atom stereocenters. The molecule has 5 heteroatoms. The van der Waals surface area contributed by atoms with Crippen LogP contribution in [0.3, 0.4) is 0 Å². The summed E-state index contributed by atoms with van der Waals surface area (Å²) < 4.78 is 1.56. The summed E-state index contributed by atoms with van der Waals surface area (Å²) in [5, 5.41) is 17.0. The first-order chi connectivity index (χ1) is 7.22. The third-order valence-corrected chi connectivity index (χ3v) is 2.27. The van der Waals surface area contributed by atoms with Gasteiger partial charge in [-0.15, -0.1) is 5.10 Å². The van der Waals surface area contributed by atoms with Crippen LogP contribution in [0.1, 0.15) is 5.69 Å². The summed E-state index contributed by atoms with van der Waals surface area (Å²) in [5.74, 6) is 0. The predicted molar refractivity (Wildman–Crippen MR) is 56.2 cm³/mol. The number of halogens is 1. The zero-order valence-electron chi connectivity index (χ0n) is 7.98. The van der Waals surface area contributed by atoms with Gasteiger partial charge in [-0.05, 0) is 12.1 Å². The molecule has 0 amide bonds. The van der Waals surface area contributed by atoms with Gasteiger partial charge in [-0.1, -0.05) is 28.9 Å². The van der Waals surface area contributed by atoms with Crippen molar-refractivity contribution >= 4 is 11.6 Å². The van der Waals surface area contributed by atoms with Crippen molar-refractivity contribution in [2.75, 3.05) is 0 Å². The Morgan fingerprint density at radius 1 is 1.47 bits per heavy atom. The summed E-state index contributed by atoms with van der Waals surface area (Å²) in [4.78, 5) is 0. The van der Waals surface area contributed by atoms with Gasteiger partial charge in [0.05, 0.1) is 0 Å². The van der Waals surface area contributed by atoms with Gasteiger partial charge in [0, 0.05) is 17.6 Å². The van der Waals surface area contributed by atoms with E-state index in [1.165, 1.54) is 0 Å². The van der Waals surface area contributed by atoms with Crippen molar-refractivity contribution < 1.29 is 0 Å². The molecule has 0 radical (unpaired) electrons. The predicted octanol–water partition coefficient (Wildman–Crippen LogP) is 2.01. The molecule has 0 atom stereocenters. The molecule has 0 aliphatic heterocycles. The van der Waals surface area contributed by atoms with Gasteiger partial charge in [-0.2, -0.15) is 5.26 Å². The zero-order chi connectivity index (χ0) is 10.8. The fourth-order valence-electron chi connectivity index (χ4n) is 1.39. The van der Waals surface area contributed by atoms with Crippen molar-refractivity contribution in [3.63, 3.8) is 0 Å². The van der Waals surface area contributed by atoms with Gasteiger partial charge in [0.25, 0.3) is 0 Å². The summed E-state index contributed by atoms with van der Waals surface area (Å²) in [6, 6.07) is 9.25. The lowest BCUT2D eigenvalue weighted by Gasteiger charge is -2.01. The summed E-state index contributed by atoms with van der Waals surface area (Å²) in [7, 11) is 1.74. The van der Waals surface area contributed by atoms with Crippen molar-refractivity contribution in [2.24, 2.45) is 7.05 Å². The van der Waals surface area contributed by atoms with E-state index in [0.29, 0.717) is 16.4 Å². The maximum absolute atomic E-state index is 8.86. The van der Waals surface area contributed by atoms with E-state index in [-0.39, 0.29) is 0 Å². The molecule has 0 aliphatic carbocycles. The Morgan fingerprint density at radius 3 is 2.93 bits per heavy atom. The van der Waals surface area contributed by atoms with Gasteiger partial charge in [0.2, 0.25) is 0 Å². The van der Waals surface area contributed by atoms with E-state index in [1.54, 1.807) is 23.9 Å². The molecule has 0 fully saturated rings. The topological polar surface area (TPSA) is 54.5 Å². The lowest BCUT2D eigenvalue weighted by atomic mass is 10.1. The van der Waals surface area contributed by atoms with Crippen molar-refractivity contribution in [3.05, 3.63) is 35.0 Å². The van der Waals surface area contributed by atoms with E-state index >= 15 is 0 Å². The number of nitrogens with zero attached hydrogens (tertiary/aromatic N) is 4. The van der Waals surface area contributed by atoms with Gasteiger partial charge < -0.3 is 0 Å². The van der Waals surface area contributed by atoms with Crippen LogP contribution in [0.2, 0.25) is 5.02 Å². The number of hydrogen-bond acceptors (Lipinski definition) is 3. The number of rotatable bonds is 1. The van der Waals surface area contributed by atoms with Gasteiger partial charge in [0.15, 0.2) is 5.69 Å². The molecular formula is C10H7ClN4. The number of benzene rings is 1. The molecule has 4 nitrogen and oxygen atoms in total. The van der Waals surface area contributed by atoms with E-state index in [9.17, 15) is 0 Å². The SMILES string of the molecule is Cn1nnc(C#N)c1-c1cccc(Cl)c1. The zero-order valence-corrected chi connectivity index (χ0v) is 8.73. The first-order valence-corrected chi connectivity index (χ1v) is 4.66. The Bertz CT molecular complexity index is 539. The third kappa shape index (κ3) is 1.69. The highest BCUT2D eigenvalue weighted by Crippen LogP contribution is 2.23. The molecule has 2 aromatic rings. The molecule has 1 aromatic heterocycles. The molecular weight excluding hydrogens is 212 g/mol. The average molecular weight is 219 g/mol. The van der Waals surface area contributed by atoms with Crippen molar-refractivity contribution in [1.82, 2.24) is 15.0 Å². The first-order valence-electron chi connectivity index (χ1n) is 4.28. The average Bonchev–Trinajstić information content (AvgIpc) is 2.59. The van der Waals surface area contributed by atoms with E-state index in [4.69, 9.17) is 16.9 Å². The van der Waals surface area contributed by atoms with Gasteiger partial charge >= 0.3 is 0 Å². The highest BCUT2D eigenvalue weighted by atomic mass is 35.5. The number of nitriles is 1. The highest BCUT2D eigenvalue weighted by molar-refractivity contribution is 6.30. The second-order valence-corrected chi connectivity index (χ2v) is 3.47. The number of hydrogen-bond donors (Lipinski definition) is 0. The molecule has 1 heterocycles. The lowest BCUT2D eigenvalue weighted by molar-refractivity contribution is 0.720. The van der Waals surface area contributed by atoms with Crippen LogP contribution < -0.4 is 0 Å².